The van der Waals surface area contributed by atoms with Crippen LogP contribution in [0, 0.1) is 0 Å². The lowest BCUT2D eigenvalue weighted by molar-refractivity contribution is -0.114. The van der Waals surface area contributed by atoms with Crippen LogP contribution in [-0.4, -0.2) is 20.9 Å². The highest BCUT2D eigenvalue weighted by Gasteiger charge is 2.17. The summed E-state index contributed by atoms with van der Waals surface area (Å²) in [5, 5.41) is 2.92. The number of nitrogens with one attached hydrogen (secondary N) is 1. The van der Waals surface area contributed by atoms with Crippen LogP contribution in [0.2, 0.25) is 0 Å². The summed E-state index contributed by atoms with van der Waals surface area (Å²) in [5.74, 6) is -0.346. The lowest BCUT2D eigenvalue weighted by Gasteiger charge is -2.15. The summed E-state index contributed by atoms with van der Waals surface area (Å²) in [5.41, 5.74) is 8.26. The number of anilines is 1. The second-order valence-corrected chi connectivity index (χ2v) is 4.93. The first kappa shape index (κ1) is 15.4. The number of hydrogen-bond acceptors (Lipinski definition) is 5. The fraction of sp³-hybridized carbons (Fsp3) is 0. The highest BCUT2D eigenvalue weighted by atomic mass is 16.1. The zero-order chi connectivity index (χ0) is 16.8. The number of nitrogens with two attached hydrogens (primary N) is 1. The van der Waals surface area contributed by atoms with Crippen LogP contribution in [0.5, 0.6) is 0 Å². The Hall–Kier alpha value is -3.54. The molecule has 6 nitrogen and oxygen atoms in total. The molecule has 0 aliphatic carbocycles. The van der Waals surface area contributed by atoms with E-state index in [0.29, 0.717) is 5.57 Å². The molecule has 0 fully saturated rings. The van der Waals surface area contributed by atoms with Crippen LogP contribution in [0.15, 0.2) is 79.0 Å². The molecule has 3 N–H and O–H groups in total. The second-order valence-electron chi connectivity index (χ2n) is 4.93. The molecule has 0 unspecified atom stereocenters. The number of amides is 1. The molecular formula is C18H15N5O. The SMILES string of the molecule is NC(=O)C(Nc1ncncn1)=C(c1ccccc1)c1ccccc1. The van der Waals surface area contributed by atoms with Gasteiger partial charge in [-0.2, -0.15) is 0 Å². The Balaban J connectivity index is 2.19. The van der Waals surface area contributed by atoms with Crippen LogP contribution in [0.1, 0.15) is 11.1 Å². The Morgan fingerprint density at radius 2 is 1.33 bits per heavy atom. The molecular weight excluding hydrogens is 302 g/mol. The maximum Gasteiger partial charge on any atom is 0.265 e. The van der Waals surface area contributed by atoms with Crippen LogP contribution in [-0.2, 0) is 4.79 Å². The van der Waals surface area contributed by atoms with E-state index < -0.39 is 5.91 Å². The van der Waals surface area contributed by atoms with Gasteiger partial charge in [0.2, 0.25) is 5.95 Å². The quantitative estimate of drug-likeness (QED) is 0.704. The fourth-order valence-electron chi connectivity index (χ4n) is 2.33. The van der Waals surface area contributed by atoms with Crippen molar-refractivity contribution in [1.29, 1.82) is 0 Å². The summed E-state index contributed by atoms with van der Waals surface area (Å²) in [7, 11) is 0. The van der Waals surface area contributed by atoms with Gasteiger partial charge < -0.3 is 11.1 Å². The third-order valence-electron chi connectivity index (χ3n) is 3.35. The third-order valence-corrected chi connectivity index (χ3v) is 3.35. The number of aromatic nitrogens is 3. The summed E-state index contributed by atoms with van der Waals surface area (Å²) in [6.45, 7) is 0. The van der Waals surface area contributed by atoms with Crippen molar-refractivity contribution < 1.29 is 4.79 Å². The molecule has 1 amide bonds. The zero-order valence-electron chi connectivity index (χ0n) is 12.8. The molecule has 1 heterocycles. The molecule has 24 heavy (non-hydrogen) atoms. The number of benzene rings is 2. The topological polar surface area (TPSA) is 93.8 Å². The van der Waals surface area contributed by atoms with Gasteiger partial charge in [-0.05, 0) is 11.1 Å². The lowest BCUT2D eigenvalue weighted by Crippen LogP contribution is -2.23. The van der Waals surface area contributed by atoms with Gasteiger partial charge in [-0.15, -0.1) is 0 Å². The van der Waals surface area contributed by atoms with Crippen LogP contribution in [0.4, 0.5) is 5.95 Å². The van der Waals surface area contributed by atoms with Gasteiger partial charge >= 0.3 is 0 Å². The fourth-order valence-corrected chi connectivity index (χ4v) is 2.33. The van der Waals surface area contributed by atoms with Crippen LogP contribution in [0.3, 0.4) is 0 Å². The average molecular weight is 317 g/mol. The first-order chi connectivity index (χ1) is 11.8. The standard InChI is InChI=1S/C18H15N5O/c19-17(24)16(23-18-21-11-20-12-22-18)15(13-7-3-1-4-8-13)14-9-5-2-6-10-14/h1-12H,(H2,19,24)(H,20,21,22,23). The molecule has 3 rings (SSSR count). The zero-order valence-corrected chi connectivity index (χ0v) is 12.8. The van der Waals surface area contributed by atoms with Crippen molar-refractivity contribution >= 4 is 17.4 Å². The van der Waals surface area contributed by atoms with Crippen molar-refractivity contribution in [2.45, 2.75) is 0 Å². The van der Waals surface area contributed by atoms with Crippen LogP contribution in [0.25, 0.3) is 5.57 Å². The highest BCUT2D eigenvalue weighted by Crippen LogP contribution is 2.27. The maximum atomic E-state index is 12.1. The summed E-state index contributed by atoms with van der Waals surface area (Å²) in [4.78, 5) is 23.9. The molecule has 0 saturated carbocycles. The monoisotopic (exact) mass is 317 g/mol. The summed E-state index contributed by atoms with van der Waals surface area (Å²) in [6.07, 6.45) is 2.69. The van der Waals surface area contributed by atoms with Crippen molar-refractivity contribution in [3.05, 3.63) is 90.1 Å². The Morgan fingerprint density at radius 1 is 0.833 bits per heavy atom. The number of nitrogens with zero attached hydrogens (tertiary/aromatic N) is 3. The highest BCUT2D eigenvalue weighted by molar-refractivity contribution is 6.05. The van der Waals surface area contributed by atoms with E-state index in [0.717, 1.165) is 11.1 Å². The molecule has 0 spiro atoms. The smallest absolute Gasteiger partial charge is 0.265 e. The summed E-state index contributed by atoms with van der Waals surface area (Å²) < 4.78 is 0. The van der Waals surface area contributed by atoms with E-state index >= 15 is 0 Å². The van der Waals surface area contributed by atoms with Gasteiger partial charge in [-0.3, -0.25) is 4.79 Å². The Labute approximate surface area is 139 Å². The number of rotatable bonds is 5. The van der Waals surface area contributed by atoms with E-state index in [9.17, 15) is 4.79 Å². The van der Waals surface area contributed by atoms with Gasteiger partial charge in [-0.25, -0.2) is 15.0 Å². The number of hydrogen-bond donors (Lipinski definition) is 2. The summed E-state index contributed by atoms with van der Waals surface area (Å²) >= 11 is 0. The van der Waals surface area contributed by atoms with E-state index in [1.54, 1.807) is 0 Å². The largest absolute Gasteiger partial charge is 0.364 e. The maximum absolute atomic E-state index is 12.1. The molecule has 2 aromatic carbocycles. The number of carbonyl (C=O) groups is 1. The van der Waals surface area contributed by atoms with E-state index in [4.69, 9.17) is 5.73 Å². The normalized spacial score (nSPS) is 10.0. The first-order valence-corrected chi connectivity index (χ1v) is 7.29. The molecule has 0 radical (unpaired) electrons. The molecule has 0 saturated heterocycles. The minimum Gasteiger partial charge on any atom is -0.364 e. The van der Waals surface area contributed by atoms with Crippen LogP contribution >= 0.6 is 0 Å². The number of primary amides is 1. The Morgan fingerprint density at radius 3 is 1.79 bits per heavy atom. The van der Waals surface area contributed by atoms with Crippen LogP contribution < -0.4 is 11.1 Å². The molecule has 0 aliphatic rings. The van der Waals surface area contributed by atoms with Gasteiger partial charge in [0, 0.05) is 5.57 Å². The van der Waals surface area contributed by atoms with E-state index in [1.165, 1.54) is 12.7 Å². The van der Waals surface area contributed by atoms with E-state index in [-0.39, 0.29) is 11.6 Å². The summed E-state index contributed by atoms with van der Waals surface area (Å²) in [6, 6.07) is 19.1. The van der Waals surface area contributed by atoms with Crippen molar-refractivity contribution in [3.8, 4) is 0 Å². The van der Waals surface area contributed by atoms with E-state index in [2.05, 4.69) is 20.3 Å². The molecule has 6 heteroatoms. The average Bonchev–Trinajstić information content (AvgIpc) is 2.64. The van der Waals surface area contributed by atoms with Crippen molar-refractivity contribution in [3.63, 3.8) is 0 Å². The van der Waals surface area contributed by atoms with Gasteiger partial charge in [0.1, 0.15) is 18.4 Å². The van der Waals surface area contributed by atoms with Gasteiger partial charge in [-0.1, -0.05) is 60.7 Å². The Bertz CT molecular complexity index is 807. The molecule has 0 bridgehead atoms. The molecule has 3 aromatic rings. The number of carbonyl (C=O) groups excluding carboxylic acids is 1. The molecule has 0 aliphatic heterocycles. The predicted molar refractivity (Wildman–Crippen MR) is 91.6 cm³/mol. The predicted octanol–water partition coefficient (Wildman–Crippen LogP) is 2.23. The van der Waals surface area contributed by atoms with Crippen molar-refractivity contribution in [2.24, 2.45) is 5.73 Å². The second kappa shape index (κ2) is 7.15. The van der Waals surface area contributed by atoms with Gasteiger partial charge in [0.25, 0.3) is 5.91 Å². The molecule has 118 valence electrons. The first-order valence-electron chi connectivity index (χ1n) is 7.29. The lowest BCUT2D eigenvalue weighted by atomic mass is 9.95. The van der Waals surface area contributed by atoms with Crippen molar-refractivity contribution in [1.82, 2.24) is 15.0 Å². The minimum absolute atomic E-state index is 0.221. The van der Waals surface area contributed by atoms with E-state index in [1.807, 2.05) is 60.7 Å². The van der Waals surface area contributed by atoms with Gasteiger partial charge in [0.05, 0.1) is 0 Å². The Kier molecular flexibility index (Phi) is 4.57. The van der Waals surface area contributed by atoms with Gasteiger partial charge in [0.15, 0.2) is 0 Å². The third kappa shape index (κ3) is 3.44. The molecule has 0 atom stereocenters. The minimum atomic E-state index is -0.599. The van der Waals surface area contributed by atoms with Crippen molar-refractivity contribution in [2.75, 3.05) is 5.32 Å². The molecule has 1 aromatic heterocycles.